The van der Waals surface area contributed by atoms with Crippen molar-refractivity contribution in [2.24, 2.45) is 5.73 Å². The Bertz CT molecular complexity index is 520. The summed E-state index contributed by atoms with van der Waals surface area (Å²) in [5, 5.41) is 7.82. The summed E-state index contributed by atoms with van der Waals surface area (Å²) in [6, 6.07) is 0. The molecule has 2 rings (SSSR count). The van der Waals surface area contributed by atoms with Gasteiger partial charge >= 0.3 is 0 Å². The number of anilines is 1. The van der Waals surface area contributed by atoms with Crippen LogP contribution in [0, 0.1) is 6.92 Å². The van der Waals surface area contributed by atoms with Crippen molar-refractivity contribution in [2.75, 3.05) is 11.9 Å². The molecule has 2 aromatic heterocycles. The number of thiazole rings is 2. The molecule has 0 aromatic carbocycles. The number of aryl methyl sites for hydroxylation is 1. The van der Waals surface area contributed by atoms with E-state index in [9.17, 15) is 4.79 Å². The van der Waals surface area contributed by atoms with Crippen molar-refractivity contribution in [3.05, 3.63) is 27.2 Å². The van der Waals surface area contributed by atoms with Gasteiger partial charge in [0, 0.05) is 17.2 Å². The lowest BCUT2D eigenvalue weighted by atomic mass is 10.4. The second-order valence-electron chi connectivity index (χ2n) is 3.41. The zero-order chi connectivity index (χ0) is 12.3. The van der Waals surface area contributed by atoms with Gasteiger partial charge in [-0.1, -0.05) is 0 Å². The molecule has 1 amide bonds. The van der Waals surface area contributed by atoms with Crippen molar-refractivity contribution < 1.29 is 4.79 Å². The fourth-order valence-electron chi connectivity index (χ4n) is 1.23. The average Bonchev–Trinajstić information content (AvgIpc) is 2.88. The van der Waals surface area contributed by atoms with Gasteiger partial charge in [0.1, 0.15) is 5.69 Å². The van der Waals surface area contributed by atoms with Gasteiger partial charge in [-0.25, -0.2) is 9.97 Å². The van der Waals surface area contributed by atoms with Gasteiger partial charge in [-0.05, 0) is 13.5 Å². The Kier molecular flexibility index (Phi) is 3.82. The molecular formula is C10H12N4OS2. The molecule has 17 heavy (non-hydrogen) atoms. The number of aromatic nitrogens is 2. The molecule has 3 N–H and O–H groups in total. The van der Waals surface area contributed by atoms with Gasteiger partial charge in [0.25, 0.3) is 5.91 Å². The maximum atomic E-state index is 11.8. The van der Waals surface area contributed by atoms with Crippen LogP contribution in [0.1, 0.15) is 21.2 Å². The fraction of sp³-hybridized carbons (Fsp3) is 0.300. The number of rotatable bonds is 4. The van der Waals surface area contributed by atoms with E-state index in [1.54, 1.807) is 5.38 Å². The van der Waals surface area contributed by atoms with Gasteiger partial charge in [-0.2, -0.15) is 0 Å². The molecule has 0 bridgehead atoms. The van der Waals surface area contributed by atoms with E-state index in [-0.39, 0.29) is 5.91 Å². The largest absolute Gasteiger partial charge is 0.330 e. The first-order chi connectivity index (χ1) is 8.19. The van der Waals surface area contributed by atoms with Crippen molar-refractivity contribution in [1.29, 1.82) is 0 Å². The number of hydrogen-bond acceptors (Lipinski definition) is 6. The summed E-state index contributed by atoms with van der Waals surface area (Å²) in [6.07, 6.45) is 0.703. The van der Waals surface area contributed by atoms with Crippen LogP contribution in [0.2, 0.25) is 0 Å². The predicted molar refractivity (Wildman–Crippen MR) is 69.7 cm³/mol. The van der Waals surface area contributed by atoms with Crippen LogP contribution >= 0.6 is 22.7 Å². The molecule has 0 fully saturated rings. The summed E-state index contributed by atoms with van der Waals surface area (Å²) in [5.41, 5.74) is 6.75. The topological polar surface area (TPSA) is 80.9 Å². The van der Waals surface area contributed by atoms with Gasteiger partial charge in [0.15, 0.2) is 5.13 Å². The van der Waals surface area contributed by atoms with Crippen molar-refractivity contribution in [1.82, 2.24) is 9.97 Å². The van der Waals surface area contributed by atoms with Gasteiger partial charge in [0.05, 0.1) is 10.7 Å². The van der Waals surface area contributed by atoms with Crippen LogP contribution in [-0.4, -0.2) is 22.4 Å². The molecule has 0 aliphatic carbocycles. The van der Waals surface area contributed by atoms with Crippen molar-refractivity contribution in [2.45, 2.75) is 13.3 Å². The van der Waals surface area contributed by atoms with Gasteiger partial charge in [-0.15, -0.1) is 22.7 Å². The summed E-state index contributed by atoms with van der Waals surface area (Å²) in [6.45, 7) is 2.43. The van der Waals surface area contributed by atoms with E-state index in [1.807, 2.05) is 12.3 Å². The number of amides is 1. The number of carbonyl (C=O) groups is 1. The first-order valence-corrected chi connectivity index (χ1v) is 6.83. The molecule has 2 aromatic rings. The Labute approximate surface area is 107 Å². The molecule has 7 heteroatoms. The van der Waals surface area contributed by atoms with E-state index in [0.717, 1.165) is 10.7 Å². The second-order valence-corrected chi connectivity index (χ2v) is 5.21. The van der Waals surface area contributed by atoms with E-state index in [2.05, 4.69) is 15.3 Å². The number of nitrogens with zero attached hydrogens (tertiary/aromatic N) is 2. The van der Waals surface area contributed by atoms with Crippen molar-refractivity contribution >= 4 is 33.7 Å². The molecule has 2 heterocycles. The SMILES string of the molecule is Cc1csc(NC(=O)c2csc(CCN)n2)n1. The quantitative estimate of drug-likeness (QED) is 0.883. The Morgan fingerprint density at radius 1 is 1.41 bits per heavy atom. The number of nitrogens with one attached hydrogen (secondary N) is 1. The molecule has 0 spiro atoms. The minimum atomic E-state index is -0.223. The molecule has 0 saturated carbocycles. The monoisotopic (exact) mass is 268 g/mol. The molecule has 0 saturated heterocycles. The smallest absolute Gasteiger partial charge is 0.276 e. The standard InChI is InChI=1S/C10H12N4OS2/c1-6-4-17-10(12-6)14-9(15)7-5-16-8(13-7)2-3-11/h4-5H,2-3,11H2,1H3,(H,12,14,15). The normalized spacial score (nSPS) is 10.5. The van der Waals surface area contributed by atoms with E-state index >= 15 is 0 Å². The van der Waals surface area contributed by atoms with E-state index in [0.29, 0.717) is 23.8 Å². The fourth-order valence-corrected chi connectivity index (χ4v) is 2.70. The maximum Gasteiger partial charge on any atom is 0.276 e. The van der Waals surface area contributed by atoms with Crippen molar-refractivity contribution in [3.63, 3.8) is 0 Å². The molecule has 0 atom stereocenters. The maximum absolute atomic E-state index is 11.8. The van der Waals surface area contributed by atoms with Gasteiger partial charge in [0.2, 0.25) is 0 Å². The Hall–Kier alpha value is -1.31. The second kappa shape index (κ2) is 5.35. The predicted octanol–water partition coefficient (Wildman–Crippen LogP) is 1.66. The first kappa shape index (κ1) is 12.2. The van der Waals surface area contributed by atoms with Crippen LogP contribution in [0.5, 0.6) is 0 Å². The lowest BCUT2D eigenvalue weighted by Crippen LogP contribution is -2.12. The lowest BCUT2D eigenvalue weighted by molar-refractivity contribution is 0.102. The van der Waals surface area contributed by atoms with E-state index in [4.69, 9.17) is 5.73 Å². The number of nitrogens with two attached hydrogens (primary N) is 1. The summed E-state index contributed by atoms with van der Waals surface area (Å²) in [5.74, 6) is -0.223. The zero-order valence-electron chi connectivity index (χ0n) is 9.27. The Morgan fingerprint density at radius 2 is 2.24 bits per heavy atom. The number of carbonyl (C=O) groups excluding carboxylic acids is 1. The number of hydrogen-bond donors (Lipinski definition) is 2. The van der Waals surface area contributed by atoms with Crippen LogP contribution < -0.4 is 11.1 Å². The highest BCUT2D eigenvalue weighted by molar-refractivity contribution is 7.14. The molecule has 0 radical (unpaired) electrons. The molecule has 0 unspecified atom stereocenters. The highest BCUT2D eigenvalue weighted by Gasteiger charge is 2.12. The van der Waals surface area contributed by atoms with E-state index in [1.165, 1.54) is 22.7 Å². The summed E-state index contributed by atoms with van der Waals surface area (Å²) >= 11 is 2.85. The Balaban J connectivity index is 2.03. The van der Waals surface area contributed by atoms with Gasteiger partial charge in [-0.3, -0.25) is 10.1 Å². The van der Waals surface area contributed by atoms with Crippen LogP contribution in [0.15, 0.2) is 10.8 Å². The Morgan fingerprint density at radius 3 is 2.88 bits per heavy atom. The minimum absolute atomic E-state index is 0.223. The molecule has 90 valence electrons. The summed E-state index contributed by atoms with van der Waals surface area (Å²) < 4.78 is 0. The summed E-state index contributed by atoms with van der Waals surface area (Å²) in [4.78, 5) is 20.2. The molecule has 0 aliphatic heterocycles. The third-order valence-corrected chi connectivity index (χ3v) is 3.77. The highest BCUT2D eigenvalue weighted by atomic mass is 32.1. The molecular weight excluding hydrogens is 256 g/mol. The first-order valence-electron chi connectivity index (χ1n) is 5.07. The third kappa shape index (κ3) is 3.09. The van der Waals surface area contributed by atoms with Gasteiger partial charge < -0.3 is 5.73 Å². The third-order valence-electron chi connectivity index (χ3n) is 1.98. The van der Waals surface area contributed by atoms with Crippen LogP contribution in [0.4, 0.5) is 5.13 Å². The van der Waals surface area contributed by atoms with E-state index < -0.39 is 0 Å². The average molecular weight is 268 g/mol. The van der Waals surface area contributed by atoms with Crippen LogP contribution in [-0.2, 0) is 6.42 Å². The molecule has 5 nitrogen and oxygen atoms in total. The highest BCUT2D eigenvalue weighted by Crippen LogP contribution is 2.16. The van der Waals surface area contributed by atoms with Crippen molar-refractivity contribution in [3.8, 4) is 0 Å². The minimum Gasteiger partial charge on any atom is -0.330 e. The molecule has 0 aliphatic rings. The lowest BCUT2D eigenvalue weighted by Gasteiger charge is -1.97. The zero-order valence-corrected chi connectivity index (χ0v) is 10.9. The van der Waals surface area contributed by atoms with Crippen LogP contribution in [0.25, 0.3) is 0 Å². The van der Waals surface area contributed by atoms with Crippen LogP contribution in [0.3, 0.4) is 0 Å². The summed E-state index contributed by atoms with van der Waals surface area (Å²) in [7, 11) is 0.